The van der Waals surface area contributed by atoms with Crippen molar-refractivity contribution in [1.29, 1.82) is 0 Å². The van der Waals surface area contributed by atoms with Crippen molar-refractivity contribution in [3.8, 4) is 5.69 Å². The Balaban J connectivity index is 1.84. The fourth-order valence-electron chi connectivity index (χ4n) is 4.32. The number of fused-ring (bicyclic) bond motifs is 1. The molecule has 1 unspecified atom stereocenters. The Labute approximate surface area is 200 Å². The van der Waals surface area contributed by atoms with Crippen LogP contribution in [0, 0.1) is 6.92 Å². The van der Waals surface area contributed by atoms with Crippen molar-refractivity contribution >= 4 is 16.8 Å². The van der Waals surface area contributed by atoms with Gasteiger partial charge in [0.05, 0.1) is 29.1 Å². The molecule has 1 heterocycles. The van der Waals surface area contributed by atoms with E-state index in [9.17, 15) is 9.59 Å². The molecule has 0 saturated heterocycles. The minimum atomic E-state index is -0.374. The first kappa shape index (κ1) is 23.4. The van der Waals surface area contributed by atoms with Crippen LogP contribution in [0.4, 0.5) is 0 Å². The van der Waals surface area contributed by atoms with Gasteiger partial charge in [0.1, 0.15) is 5.82 Å². The zero-order chi connectivity index (χ0) is 24.1. The first-order valence-electron chi connectivity index (χ1n) is 11.9. The molecule has 0 saturated carbocycles. The second-order valence-corrected chi connectivity index (χ2v) is 8.75. The summed E-state index contributed by atoms with van der Waals surface area (Å²) in [5, 5.41) is 0.565. The molecule has 4 aromatic rings. The average molecular weight is 454 g/mol. The van der Waals surface area contributed by atoms with E-state index in [-0.39, 0.29) is 17.5 Å². The summed E-state index contributed by atoms with van der Waals surface area (Å²) < 4.78 is 1.68. The lowest BCUT2D eigenvalue weighted by Crippen LogP contribution is -2.39. The minimum Gasteiger partial charge on any atom is -0.332 e. The Kier molecular flexibility index (Phi) is 7.21. The van der Waals surface area contributed by atoms with Gasteiger partial charge in [0, 0.05) is 6.54 Å². The van der Waals surface area contributed by atoms with Gasteiger partial charge in [-0.3, -0.25) is 14.2 Å². The second kappa shape index (κ2) is 10.5. The molecule has 0 bridgehead atoms. The number of para-hydroxylation sites is 1. The van der Waals surface area contributed by atoms with E-state index in [2.05, 4.69) is 6.92 Å². The molecule has 0 radical (unpaired) electrons. The molecular weight excluding hydrogens is 422 g/mol. The van der Waals surface area contributed by atoms with Crippen LogP contribution in [-0.2, 0) is 11.2 Å². The number of nitrogens with zero attached hydrogens (tertiary/aromatic N) is 3. The van der Waals surface area contributed by atoms with E-state index in [0.29, 0.717) is 29.7 Å². The van der Waals surface area contributed by atoms with Gasteiger partial charge in [-0.1, -0.05) is 67.9 Å². The van der Waals surface area contributed by atoms with Crippen molar-refractivity contribution in [3.63, 3.8) is 0 Å². The summed E-state index contributed by atoms with van der Waals surface area (Å²) in [7, 11) is 0. The maximum Gasteiger partial charge on any atom is 0.266 e. The third-order valence-electron chi connectivity index (χ3n) is 6.17. The van der Waals surface area contributed by atoms with E-state index in [1.807, 2.05) is 91.5 Å². The number of amides is 1. The quantitative estimate of drug-likeness (QED) is 0.348. The Bertz CT molecular complexity index is 1340. The van der Waals surface area contributed by atoms with Crippen LogP contribution in [0.3, 0.4) is 0 Å². The zero-order valence-corrected chi connectivity index (χ0v) is 20.1. The number of rotatable bonds is 8. The highest BCUT2D eigenvalue weighted by molar-refractivity contribution is 5.80. The molecule has 0 aliphatic carbocycles. The van der Waals surface area contributed by atoms with Crippen LogP contribution in [0.1, 0.15) is 49.7 Å². The summed E-state index contributed by atoms with van der Waals surface area (Å²) >= 11 is 0. The van der Waals surface area contributed by atoms with Gasteiger partial charge in [0.25, 0.3) is 5.56 Å². The van der Waals surface area contributed by atoms with E-state index >= 15 is 0 Å². The van der Waals surface area contributed by atoms with E-state index in [1.165, 1.54) is 0 Å². The van der Waals surface area contributed by atoms with Gasteiger partial charge < -0.3 is 4.90 Å². The number of aromatic nitrogens is 2. The van der Waals surface area contributed by atoms with Gasteiger partial charge in [0.15, 0.2) is 0 Å². The van der Waals surface area contributed by atoms with Crippen molar-refractivity contribution in [2.45, 2.75) is 46.1 Å². The summed E-state index contributed by atoms with van der Waals surface area (Å²) in [4.78, 5) is 34.0. The Morgan fingerprint density at radius 1 is 1.00 bits per heavy atom. The third-order valence-corrected chi connectivity index (χ3v) is 6.17. The second-order valence-electron chi connectivity index (χ2n) is 8.75. The molecular formula is C29H31N3O2. The summed E-state index contributed by atoms with van der Waals surface area (Å²) in [6.45, 7) is 6.70. The van der Waals surface area contributed by atoms with Gasteiger partial charge in [0.2, 0.25) is 5.91 Å². The van der Waals surface area contributed by atoms with Crippen molar-refractivity contribution in [2.24, 2.45) is 0 Å². The number of hydrogen-bond donors (Lipinski definition) is 0. The van der Waals surface area contributed by atoms with Crippen molar-refractivity contribution in [1.82, 2.24) is 14.5 Å². The van der Waals surface area contributed by atoms with Gasteiger partial charge >= 0.3 is 0 Å². The molecule has 1 aromatic heterocycles. The molecule has 1 amide bonds. The summed E-state index contributed by atoms with van der Waals surface area (Å²) in [6, 6.07) is 24.7. The lowest BCUT2D eigenvalue weighted by Gasteiger charge is -2.31. The molecule has 5 heteroatoms. The monoisotopic (exact) mass is 453 g/mol. The van der Waals surface area contributed by atoms with Crippen LogP contribution in [0.25, 0.3) is 16.6 Å². The van der Waals surface area contributed by atoms with Crippen LogP contribution in [-0.4, -0.2) is 26.9 Å². The van der Waals surface area contributed by atoms with E-state index in [0.717, 1.165) is 29.7 Å². The number of carbonyl (C=O) groups is 1. The molecule has 0 fully saturated rings. The standard InChI is InChI=1S/C29H31N3O2/c1-4-5-18-31(27(33)20-23-13-7-6-8-14-23)22(3)28-30-26-17-10-9-16-25(26)29(34)32(28)24-15-11-12-21(2)19-24/h6-17,19,22H,4-5,18,20H2,1-3H3. The normalized spacial score (nSPS) is 12.0. The maximum atomic E-state index is 13.7. The molecule has 0 aliphatic heterocycles. The molecule has 0 aliphatic rings. The van der Waals surface area contributed by atoms with Crippen LogP contribution >= 0.6 is 0 Å². The Hall–Kier alpha value is -3.73. The van der Waals surface area contributed by atoms with E-state index in [4.69, 9.17) is 4.98 Å². The highest BCUT2D eigenvalue weighted by atomic mass is 16.2. The van der Waals surface area contributed by atoms with Crippen molar-refractivity contribution in [3.05, 3.63) is 106 Å². The van der Waals surface area contributed by atoms with Crippen LogP contribution in [0.5, 0.6) is 0 Å². The first-order valence-corrected chi connectivity index (χ1v) is 11.9. The molecule has 174 valence electrons. The lowest BCUT2D eigenvalue weighted by molar-refractivity contribution is -0.132. The number of hydrogen-bond acceptors (Lipinski definition) is 3. The number of unbranched alkanes of at least 4 members (excludes halogenated alkanes) is 1. The molecule has 3 aromatic carbocycles. The molecule has 4 rings (SSSR count). The van der Waals surface area contributed by atoms with Crippen molar-refractivity contribution in [2.75, 3.05) is 6.54 Å². The Morgan fingerprint density at radius 3 is 2.47 bits per heavy atom. The smallest absolute Gasteiger partial charge is 0.266 e. The summed E-state index contributed by atoms with van der Waals surface area (Å²) in [5.41, 5.74) is 3.31. The van der Waals surface area contributed by atoms with Gasteiger partial charge in [-0.05, 0) is 55.7 Å². The third kappa shape index (κ3) is 4.93. The van der Waals surface area contributed by atoms with Gasteiger partial charge in [-0.2, -0.15) is 0 Å². The lowest BCUT2D eigenvalue weighted by atomic mass is 10.1. The highest BCUT2D eigenvalue weighted by Crippen LogP contribution is 2.24. The summed E-state index contributed by atoms with van der Waals surface area (Å²) in [6.07, 6.45) is 2.17. The van der Waals surface area contributed by atoms with Crippen LogP contribution < -0.4 is 5.56 Å². The fourth-order valence-corrected chi connectivity index (χ4v) is 4.32. The number of aryl methyl sites for hydroxylation is 1. The predicted octanol–water partition coefficient (Wildman–Crippen LogP) is 5.63. The first-order chi connectivity index (χ1) is 16.5. The predicted molar refractivity (Wildman–Crippen MR) is 137 cm³/mol. The molecule has 5 nitrogen and oxygen atoms in total. The van der Waals surface area contributed by atoms with Gasteiger partial charge in [-0.15, -0.1) is 0 Å². The van der Waals surface area contributed by atoms with Crippen LogP contribution in [0.15, 0.2) is 83.7 Å². The molecule has 0 spiro atoms. The SMILES string of the molecule is CCCCN(C(=O)Cc1ccccc1)C(C)c1nc2ccccc2c(=O)n1-c1cccc(C)c1. The maximum absolute atomic E-state index is 13.7. The van der Waals surface area contributed by atoms with E-state index < -0.39 is 0 Å². The van der Waals surface area contributed by atoms with Gasteiger partial charge in [-0.25, -0.2) is 4.98 Å². The van der Waals surface area contributed by atoms with Crippen molar-refractivity contribution < 1.29 is 4.79 Å². The van der Waals surface area contributed by atoms with E-state index in [1.54, 1.807) is 10.6 Å². The summed E-state index contributed by atoms with van der Waals surface area (Å²) in [5.74, 6) is 0.608. The minimum absolute atomic E-state index is 0.0327. The fraction of sp³-hybridized carbons (Fsp3) is 0.276. The number of carbonyl (C=O) groups excluding carboxylic acids is 1. The number of benzene rings is 3. The molecule has 0 N–H and O–H groups in total. The Morgan fingerprint density at radius 2 is 1.74 bits per heavy atom. The zero-order valence-electron chi connectivity index (χ0n) is 20.1. The average Bonchev–Trinajstić information content (AvgIpc) is 2.84. The van der Waals surface area contributed by atoms with Crippen LogP contribution in [0.2, 0.25) is 0 Å². The topological polar surface area (TPSA) is 55.2 Å². The largest absolute Gasteiger partial charge is 0.332 e. The molecule has 1 atom stereocenters. The molecule has 34 heavy (non-hydrogen) atoms. The highest BCUT2D eigenvalue weighted by Gasteiger charge is 2.26.